The molecule has 5 nitrogen and oxygen atoms in total. The number of hydrogen-bond donors (Lipinski definition) is 1. The van der Waals surface area contributed by atoms with Crippen LogP contribution in [0, 0.1) is 18.6 Å². The Morgan fingerprint density at radius 3 is 2.44 bits per heavy atom. The molecule has 1 fully saturated rings. The van der Waals surface area contributed by atoms with Gasteiger partial charge in [-0.15, -0.1) is 0 Å². The fourth-order valence-electron chi connectivity index (χ4n) is 4.08. The molecule has 2 amide bonds. The number of nitrogens with one attached hydrogen (secondary N) is 1. The first-order valence-corrected chi connectivity index (χ1v) is 10.6. The normalized spacial score (nSPS) is 14.8. The van der Waals surface area contributed by atoms with Crippen LogP contribution in [0.3, 0.4) is 0 Å². The lowest BCUT2D eigenvalue weighted by Gasteiger charge is -2.32. The van der Waals surface area contributed by atoms with Crippen molar-refractivity contribution in [3.8, 4) is 0 Å². The predicted molar refractivity (Wildman–Crippen MR) is 116 cm³/mol. The van der Waals surface area contributed by atoms with Gasteiger partial charge in [0.2, 0.25) is 5.91 Å². The highest BCUT2D eigenvalue weighted by Crippen LogP contribution is 2.33. The topological polar surface area (TPSA) is 62.6 Å². The van der Waals surface area contributed by atoms with Gasteiger partial charge in [0.1, 0.15) is 17.7 Å². The molecule has 1 aromatic heterocycles. The van der Waals surface area contributed by atoms with Crippen molar-refractivity contribution in [1.29, 1.82) is 0 Å². The van der Waals surface area contributed by atoms with E-state index in [-0.39, 0.29) is 23.1 Å². The molecule has 2 aromatic carbocycles. The van der Waals surface area contributed by atoms with E-state index in [1.807, 2.05) is 0 Å². The molecule has 1 N–H and O–H groups in total. The molecule has 1 saturated carbocycles. The third-order valence-corrected chi connectivity index (χ3v) is 5.79. The van der Waals surface area contributed by atoms with Gasteiger partial charge in [-0.25, -0.2) is 8.78 Å². The van der Waals surface area contributed by atoms with Gasteiger partial charge in [-0.3, -0.25) is 14.5 Å². The standard InChI is InChI=1S/C25H24F2N2O3/c1-16-12-13-18(15-21(16)27)29(25(31)22-11-6-14-32-22)23(19-9-4-5-10-20(19)26)24(30)28-17-7-2-3-8-17/h4-6,9-15,17,23H,2-3,7-8H2,1H3,(H,28,30)/t23-/m0/s1. The number of carbonyl (C=O) groups is 2. The van der Waals surface area contributed by atoms with E-state index in [9.17, 15) is 18.4 Å². The van der Waals surface area contributed by atoms with Gasteiger partial charge in [0.15, 0.2) is 5.76 Å². The van der Waals surface area contributed by atoms with Crippen LogP contribution in [-0.4, -0.2) is 17.9 Å². The third-order valence-electron chi connectivity index (χ3n) is 5.79. The van der Waals surface area contributed by atoms with Crippen LogP contribution in [0.15, 0.2) is 65.3 Å². The molecule has 0 saturated heterocycles. The Bertz CT molecular complexity index is 1110. The number of halogens is 2. The summed E-state index contributed by atoms with van der Waals surface area (Å²) in [6.45, 7) is 1.60. The summed E-state index contributed by atoms with van der Waals surface area (Å²) in [6.07, 6.45) is 4.96. The molecule has 0 bridgehead atoms. The van der Waals surface area contributed by atoms with E-state index < -0.39 is 29.5 Å². The van der Waals surface area contributed by atoms with Gasteiger partial charge in [-0.05, 0) is 55.7 Å². The Labute approximate surface area is 185 Å². The van der Waals surface area contributed by atoms with Crippen molar-refractivity contribution in [2.45, 2.75) is 44.7 Å². The van der Waals surface area contributed by atoms with Crippen LogP contribution in [0.5, 0.6) is 0 Å². The van der Waals surface area contributed by atoms with Gasteiger partial charge in [0, 0.05) is 17.3 Å². The Morgan fingerprint density at radius 1 is 1.03 bits per heavy atom. The number of furan rings is 1. The number of aryl methyl sites for hydroxylation is 1. The lowest BCUT2D eigenvalue weighted by Crippen LogP contribution is -2.46. The highest BCUT2D eigenvalue weighted by molar-refractivity contribution is 6.08. The van der Waals surface area contributed by atoms with Crippen LogP contribution in [0.2, 0.25) is 0 Å². The number of anilines is 1. The molecule has 3 aromatic rings. The van der Waals surface area contributed by atoms with Crippen LogP contribution in [0.1, 0.15) is 53.4 Å². The van der Waals surface area contributed by atoms with E-state index in [1.54, 1.807) is 13.0 Å². The fourth-order valence-corrected chi connectivity index (χ4v) is 4.08. The maximum Gasteiger partial charge on any atom is 0.294 e. The van der Waals surface area contributed by atoms with E-state index in [4.69, 9.17) is 4.42 Å². The first-order valence-electron chi connectivity index (χ1n) is 10.6. The van der Waals surface area contributed by atoms with E-state index in [0.717, 1.165) is 30.6 Å². The zero-order valence-corrected chi connectivity index (χ0v) is 17.7. The summed E-state index contributed by atoms with van der Waals surface area (Å²) in [7, 11) is 0. The van der Waals surface area contributed by atoms with Gasteiger partial charge >= 0.3 is 0 Å². The molecular weight excluding hydrogens is 414 g/mol. The van der Waals surface area contributed by atoms with Crippen molar-refractivity contribution < 1.29 is 22.8 Å². The van der Waals surface area contributed by atoms with Crippen molar-refractivity contribution >= 4 is 17.5 Å². The second-order valence-corrected chi connectivity index (χ2v) is 8.00. The first kappa shape index (κ1) is 21.7. The lowest BCUT2D eigenvalue weighted by molar-refractivity contribution is -0.123. The maximum absolute atomic E-state index is 14.9. The van der Waals surface area contributed by atoms with Gasteiger partial charge in [-0.1, -0.05) is 37.1 Å². The molecule has 0 unspecified atom stereocenters. The Balaban J connectivity index is 1.84. The summed E-state index contributed by atoms with van der Waals surface area (Å²) in [5, 5.41) is 2.96. The Hall–Kier alpha value is -3.48. The average molecular weight is 438 g/mol. The smallest absolute Gasteiger partial charge is 0.294 e. The van der Waals surface area contributed by atoms with Gasteiger partial charge in [-0.2, -0.15) is 0 Å². The molecule has 1 atom stereocenters. The van der Waals surface area contributed by atoms with Crippen molar-refractivity contribution in [1.82, 2.24) is 5.32 Å². The summed E-state index contributed by atoms with van der Waals surface area (Å²) in [5.41, 5.74) is 0.533. The molecule has 0 spiro atoms. The van der Waals surface area contributed by atoms with E-state index >= 15 is 0 Å². The first-order chi connectivity index (χ1) is 15.5. The monoisotopic (exact) mass is 438 g/mol. The number of hydrogen-bond acceptors (Lipinski definition) is 3. The van der Waals surface area contributed by atoms with Gasteiger partial charge < -0.3 is 9.73 Å². The van der Waals surface area contributed by atoms with Gasteiger partial charge in [0.05, 0.1) is 6.26 Å². The molecule has 1 heterocycles. The minimum Gasteiger partial charge on any atom is -0.459 e. The van der Waals surface area contributed by atoms with Crippen LogP contribution in [0.25, 0.3) is 0 Å². The van der Waals surface area contributed by atoms with Crippen LogP contribution in [-0.2, 0) is 4.79 Å². The van der Waals surface area contributed by atoms with E-state index in [1.165, 1.54) is 54.8 Å². The quantitative estimate of drug-likeness (QED) is 0.567. The number of benzene rings is 2. The highest BCUT2D eigenvalue weighted by Gasteiger charge is 2.37. The number of nitrogens with zero attached hydrogens (tertiary/aromatic N) is 1. The maximum atomic E-state index is 14.9. The summed E-state index contributed by atoms with van der Waals surface area (Å²) >= 11 is 0. The van der Waals surface area contributed by atoms with E-state index in [0.29, 0.717) is 5.56 Å². The summed E-state index contributed by atoms with van der Waals surface area (Å²) in [4.78, 5) is 28.1. The molecule has 7 heteroatoms. The molecule has 32 heavy (non-hydrogen) atoms. The summed E-state index contributed by atoms with van der Waals surface area (Å²) in [5.74, 6) is -2.41. The molecule has 4 rings (SSSR count). The second-order valence-electron chi connectivity index (χ2n) is 8.00. The second kappa shape index (κ2) is 9.34. The zero-order valence-electron chi connectivity index (χ0n) is 17.7. The summed E-state index contributed by atoms with van der Waals surface area (Å²) < 4.78 is 34.7. The van der Waals surface area contributed by atoms with Crippen molar-refractivity contribution in [3.05, 3.63) is 89.4 Å². The number of amides is 2. The Kier molecular flexibility index (Phi) is 6.35. The van der Waals surface area contributed by atoms with Crippen LogP contribution < -0.4 is 10.2 Å². The molecule has 1 aliphatic rings. The lowest BCUT2D eigenvalue weighted by atomic mass is 10.0. The van der Waals surface area contributed by atoms with Crippen molar-refractivity contribution in [2.24, 2.45) is 0 Å². The van der Waals surface area contributed by atoms with Gasteiger partial charge in [0.25, 0.3) is 5.91 Å². The zero-order chi connectivity index (χ0) is 22.7. The molecule has 0 radical (unpaired) electrons. The molecule has 0 aliphatic heterocycles. The largest absolute Gasteiger partial charge is 0.459 e. The average Bonchev–Trinajstić information content (AvgIpc) is 3.49. The SMILES string of the molecule is Cc1ccc(N(C(=O)c2ccco2)[C@H](C(=O)NC2CCCC2)c2ccccc2F)cc1F. The predicted octanol–water partition coefficient (Wildman–Crippen LogP) is 5.31. The third kappa shape index (κ3) is 4.42. The number of rotatable bonds is 6. The Morgan fingerprint density at radius 2 is 1.78 bits per heavy atom. The van der Waals surface area contributed by atoms with Crippen molar-refractivity contribution in [2.75, 3.05) is 4.90 Å². The minimum atomic E-state index is -1.35. The van der Waals surface area contributed by atoms with Crippen molar-refractivity contribution in [3.63, 3.8) is 0 Å². The van der Waals surface area contributed by atoms with Crippen LogP contribution in [0.4, 0.5) is 14.5 Å². The van der Waals surface area contributed by atoms with Crippen LogP contribution >= 0.6 is 0 Å². The fraction of sp³-hybridized carbons (Fsp3) is 0.280. The molecule has 1 aliphatic carbocycles. The molecular formula is C25H24F2N2O3. The number of carbonyl (C=O) groups excluding carboxylic acids is 2. The minimum absolute atomic E-state index is 0.0175. The summed E-state index contributed by atoms with van der Waals surface area (Å²) in [6, 6.07) is 11.6. The highest BCUT2D eigenvalue weighted by atomic mass is 19.1. The molecule has 166 valence electrons. The van der Waals surface area contributed by atoms with E-state index in [2.05, 4.69) is 5.32 Å².